The average molecular weight is 577 g/mol. The molecular formula is C32H44N6O4. The molecule has 2 saturated heterocycles. The molecule has 0 spiro atoms. The van der Waals surface area contributed by atoms with E-state index in [1.165, 1.54) is 6.42 Å². The topological polar surface area (TPSA) is 105 Å². The van der Waals surface area contributed by atoms with Crippen LogP contribution in [-0.2, 0) is 16.0 Å². The lowest BCUT2D eigenvalue weighted by atomic mass is 9.86. The van der Waals surface area contributed by atoms with Gasteiger partial charge in [0.05, 0.1) is 49.7 Å². The lowest BCUT2D eigenvalue weighted by Gasteiger charge is -2.36. The van der Waals surface area contributed by atoms with E-state index in [2.05, 4.69) is 53.2 Å². The van der Waals surface area contributed by atoms with E-state index in [-0.39, 0.29) is 18.3 Å². The zero-order valence-electron chi connectivity index (χ0n) is 25.1. The Morgan fingerprint density at radius 1 is 0.976 bits per heavy atom. The van der Waals surface area contributed by atoms with Gasteiger partial charge in [-0.15, -0.1) is 0 Å². The molecule has 6 rings (SSSR count). The third-order valence-electron chi connectivity index (χ3n) is 8.71. The molecule has 0 amide bonds. The number of aliphatic hydroxyl groups is 1. The highest BCUT2D eigenvalue weighted by molar-refractivity contribution is 5.90. The van der Waals surface area contributed by atoms with Gasteiger partial charge in [-0.1, -0.05) is 12.8 Å². The second-order valence-electron chi connectivity index (χ2n) is 11.9. The van der Waals surface area contributed by atoms with Gasteiger partial charge in [0, 0.05) is 50.4 Å². The molecule has 4 atom stereocenters. The van der Waals surface area contributed by atoms with Crippen molar-refractivity contribution in [2.45, 2.75) is 64.4 Å². The van der Waals surface area contributed by atoms with Crippen molar-refractivity contribution in [1.82, 2.24) is 20.3 Å². The molecule has 3 aromatic rings. The minimum atomic E-state index is -0.209. The normalized spacial score (nSPS) is 25.1. The maximum atomic E-state index is 10.4. The predicted molar refractivity (Wildman–Crippen MR) is 164 cm³/mol. The van der Waals surface area contributed by atoms with Crippen LogP contribution >= 0.6 is 0 Å². The lowest BCUT2D eigenvalue weighted by molar-refractivity contribution is -0.00570. The first-order valence-corrected chi connectivity index (χ1v) is 15.5. The smallest absolute Gasteiger partial charge is 0.229 e. The van der Waals surface area contributed by atoms with Crippen molar-refractivity contribution in [3.05, 3.63) is 35.9 Å². The van der Waals surface area contributed by atoms with Crippen molar-refractivity contribution >= 4 is 22.8 Å². The largest absolute Gasteiger partial charge is 0.496 e. The van der Waals surface area contributed by atoms with Crippen LogP contribution in [0.1, 0.15) is 45.1 Å². The molecule has 2 aliphatic heterocycles. The van der Waals surface area contributed by atoms with Crippen LogP contribution in [0.2, 0.25) is 0 Å². The Labute approximate surface area is 248 Å². The van der Waals surface area contributed by atoms with Gasteiger partial charge in [0.1, 0.15) is 11.6 Å². The van der Waals surface area contributed by atoms with Gasteiger partial charge in [-0.3, -0.25) is 0 Å². The summed E-state index contributed by atoms with van der Waals surface area (Å²) < 4.78 is 17.3. The maximum Gasteiger partial charge on any atom is 0.229 e. The number of benzene rings is 1. The van der Waals surface area contributed by atoms with Crippen molar-refractivity contribution in [2.24, 2.45) is 5.92 Å². The van der Waals surface area contributed by atoms with Gasteiger partial charge < -0.3 is 34.4 Å². The number of pyridine rings is 1. The summed E-state index contributed by atoms with van der Waals surface area (Å²) in [7, 11) is 1.70. The Morgan fingerprint density at radius 3 is 2.52 bits per heavy atom. The molecule has 10 heteroatoms. The molecule has 3 fully saturated rings. The standard InChI is InChI=1S/C32H44N6O4/c1-21-19-38(20-22(2)42-21)32-35-30-26(31(36-32)37-12-14-41-15-13-37)9-10-27(34-30)23-8-11-29(40-3)25(16-23)18-33-17-24-6-4-5-7-28(24)39/h8-11,16,21-22,24,28,33,39H,4-7,12-15,17-20H2,1-3H3/t21-,22+,24?,28?. The highest BCUT2D eigenvalue weighted by Crippen LogP contribution is 2.32. The Balaban J connectivity index is 1.31. The molecule has 10 nitrogen and oxygen atoms in total. The molecule has 226 valence electrons. The van der Waals surface area contributed by atoms with Gasteiger partial charge in [-0.2, -0.15) is 9.97 Å². The fourth-order valence-corrected chi connectivity index (χ4v) is 6.54. The van der Waals surface area contributed by atoms with Crippen molar-refractivity contribution in [2.75, 3.05) is 62.8 Å². The van der Waals surface area contributed by atoms with E-state index in [1.54, 1.807) is 7.11 Å². The van der Waals surface area contributed by atoms with E-state index in [9.17, 15) is 5.11 Å². The fourth-order valence-electron chi connectivity index (χ4n) is 6.54. The highest BCUT2D eigenvalue weighted by atomic mass is 16.5. The minimum Gasteiger partial charge on any atom is -0.496 e. The van der Waals surface area contributed by atoms with Crippen LogP contribution in [0.5, 0.6) is 5.75 Å². The van der Waals surface area contributed by atoms with Crippen LogP contribution in [0, 0.1) is 5.92 Å². The van der Waals surface area contributed by atoms with E-state index in [0.717, 1.165) is 85.8 Å². The van der Waals surface area contributed by atoms with Crippen LogP contribution in [0.4, 0.5) is 11.8 Å². The number of methoxy groups -OCH3 is 1. The summed E-state index contributed by atoms with van der Waals surface area (Å²) in [5, 5.41) is 14.9. The number of nitrogens with one attached hydrogen (secondary N) is 1. The second kappa shape index (κ2) is 13.1. The first-order valence-electron chi connectivity index (χ1n) is 15.5. The fraction of sp³-hybridized carbons (Fsp3) is 0.594. The van der Waals surface area contributed by atoms with E-state index >= 15 is 0 Å². The van der Waals surface area contributed by atoms with Crippen molar-refractivity contribution in [3.8, 4) is 17.0 Å². The molecule has 4 heterocycles. The number of morpholine rings is 2. The van der Waals surface area contributed by atoms with Gasteiger partial charge in [-0.05, 0) is 62.9 Å². The number of rotatable bonds is 8. The summed E-state index contributed by atoms with van der Waals surface area (Å²) in [6, 6.07) is 10.4. The molecule has 3 aliphatic rings. The van der Waals surface area contributed by atoms with E-state index in [1.807, 2.05) is 6.07 Å². The molecule has 2 aromatic heterocycles. The first kappa shape index (κ1) is 29.0. The average Bonchev–Trinajstić information content (AvgIpc) is 3.01. The minimum absolute atomic E-state index is 0.104. The highest BCUT2D eigenvalue weighted by Gasteiger charge is 2.27. The number of ether oxygens (including phenoxy) is 3. The number of aliphatic hydroxyl groups excluding tert-OH is 1. The lowest BCUT2D eigenvalue weighted by Crippen LogP contribution is -2.46. The summed E-state index contributed by atoms with van der Waals surface area (Å²) in [4.78, 5) is 19.7. The van der Waals surface area contributed by atoms with Crippen molar-refractivity contribution in [3.63, 3.8) is 0 Å². The van der Waals surface area contributed by atoms with Crippen LogP contribution < -0.4 is 19.9 Å². The SMILES string of the molecule is COc1ccc(-c2ccc3c(N4CCOCC4)nc(N4C[C@@H](C)O[C@@H](C)C4)nc3n2)cc1CNCC1CCCCC1O. The predicted octanol–water partition coefficient (Wildman–Crippen LogP) is 3.79. The van der Waals surface area contributed by atoms with E-state index in [0.29, 0.717) is 37.3 Å². The van der Waals surface area contributed by atoms with Gasteiger partial charge >= 0.3 is 0 Å². The summed E-state index contributed by atoms with van der Waals surface area (Å²) >= 11 is 0. The van der Waals surface area contributed by atoms with Gasteiger partial charge in [0.15, 0.2) is 5.65 Å². The van der Waals surface area contributed by atoms with Crippen LogP contribution in [0.25, 0.3) is 22.3 Å². The number of anilines is 2. The zero-order chi connectivity index (χ0) is 29.1. The summed E-state index contributed by atoms with van der Waals surface area (Å²) in [6.45, 7) is 10.1. The Hall–Kier alpha value is -3.05. The molecule has 42 heavy (non-hydrogen) atoms. The monoisotopic (exact) mass is 576 g/mol. The molecule has 0 radical (unpaired) electrons. The molecule has 1 aromatic carbocycles. The van der Waals surface area contributed by atoms with Crippen LogP contribution in [-0.4, -0.2) is 91.4 Å². The third-order valence-corrected chi connectivity index (χ3v) is 8.71. The van der Waals surface area contributed by atoms with E-state index in [4.69, 9.17) is 29.2 Å². The number of hydrogen-bond acceptors (Lipinski definition) is 10. The van der Waals surface area contributed by atoms with Crippen LogP contribution in [0.15, 0.2) is 30.3 Å². The summed E-state index contributed by atoms with van der Waals surface area (Å²) in [6.07, 6.45) is 4.29. The summed E-state index contributed by atoms with van der Waals surface area (Å²) in [5.74, 6) is 2.75. The number of aromatic nitrogens is 3. The van der Waals surface area contributed by atoms with Crippen LogP contribution in [0.3, 0.4) is 0 Å². The van der Waals surface area contributed by atoms with Gasteiger partial charge in [0.2, 0.25) is 5.95 Å². The zero-order valence-corrected chi connectivity index (χ0v) is 25.1. The molecule has 0 bridgehead atoms. The Kier molecular flexibility index (Phi) is 9.04. The molecule has 2 N–H and O–H groups in total. The Morgan fingerprint density at radius 2 is 1.76 bits per heavy atom. The number of fused-ring (bicyclic) bond motifs is 1. The second-order valence-corrected chi connectivity index (χ2v) is 11.9. The van der Waals surface area contributed by atoms with Crippen molar-refractivity contribution < 1.29 is 19.3 Å². The van der Waals surface area contributed by atoms with Gasteiger partial charge in [0.25, 0.3) is 0 Å². The number of hydrogen-bond donors (Lipinski definition) is 2. The maximum absolute atomic E-state index is 10.4. The molecule has 2 unspecified atom stereocenters. The number of nitrogens with zero attached hydrogens (tertiary/aromatic N) is 5. The summed E-state index contributed by atoms with van der Waals surface area (Å²) in [5.41, 5.74) is 3.62. The third kappa shape index (κ3) is 6.46. The Bertz CT molecular complexity index is 1360. The molecular weight excluding hydrogens is 532 g/mol. The van der Waals surface area contributed by atoms with E-state index < -0.39 is 0 Å². The first-order chi connectivity index (χ1) is 20.5. The molecule has 1 saturated carbocycles. The van der Waals surface area contributed by atoms with Gasteiger partial charge in [-0.25, -0.2) is 4.98 Å². The van der Waals surface area contributed by atoms with Crippen molar-refractivity contribution in [1.29, 1.82) is 0 Å². The molecule has 1 aliphatic carbocycles. The quantitative estimate of drug-likeness (QED) is 0.412.